The largest absolute Gasteiger partial charge is 0.507 e. The lowest BCUT2D eigenvalue weighted by Crippen LogP contribution is -2.15. The lowest BCUT2D eigenvalue weighted by Gasteiger charge is -2.28. The van der Waals surface area contributed by atoms with Crippen LogP contribution < -0.4 is 4.18 Å². The lowest BCUT2D eigenvalue weighted by molar-refractivity contribution is 0.0691. The molecule has 324 valence electrons. The third-order valence-electron chi connectivity index (χ3n) is 11.4. The molecule has 6 N–H and O–H groups in total. The van der Waals surface area contributed by atoms with Gasteiger partial charge in [-0.15, -0.1) is 3.63 Å². The van der Waals surface area contributed by atoms with Crippen molar-refractivity contribution in [1.82, 2.24) is 0 Å². The van der Waals surface area contributed by atoms with Gasteiger partial charge in [-0.25, -0.2) is 9.59 Å². The van der Waals surface area contributed by atoms with Crippen LogP contribution >= 0.6 is 0 Å². The predicted molar refractivity (Wildman–Crippen MR) is 225 cm³/mol. The second-order valence-electron chi connectivity index (χ2n) is 14.7. The minimum atomic E-state index is -5.95. The number of carbonyl (C=O) groups excluding carboxylic acids is 1. The van der Waals surface area contributed by atoms with Gasteiger partial charge in [0.15, 0.2) is 5.75 Å². The number of rotatable bonds is 9. The van der Waals surface area contributed by atoms with Crippen molar-refractivity contribution in [2.75, 3.05) is 0 Å². The van der Waals surface area contributed by atoms with Crippen molar-refractivity contribution in [2.24, 2.45) is 0 Å². The highest BCUT2D eigenvalue weighted by Crippen LogP contribution is 2.60. The Kier molecular flexibility index (Phi) is 7.50. The molecule has 0 aliphatic rings. The van der Waals surface area contributed by atoms with E-state index in [1.807, 2.05) is 0 Å². The van der Waals surface area contributed by atoms with Crippen LogP contribution in [0.5, 0.6) is 11.5 Å². The monoisotopic (exact) mass is 968 g/mol. The summed E-state index contributed by atoms with van der Waals surface area (Å²) in [6.07, 6.45) is 0. The first-order chi connectivity index (χ1) is 29.7. The van der Waals surface area contributed by atoms with Crippen molar-refractivity contribution < 1.29 is 92.1 Å². The topological polar surface area (TPSA) is 354 Å². The van der Waals surface area contributed by atoms with Gasteiger partial charge in [0.1, 0.15) is 15.5 Å². The molecule has 0 bridgehead atoms. The Balaban J connectivity index is 1.59. The summed E-state index contributed by atoms with van der Waals surface area (Å²) in [4.78, 5) is 24.2. The number of hydrogen-bond acceptors (Lipinski definition) is 16. The van der Waals surface area contributed by atoms with Gasteiger partial charge in [0.05, 0.1) is 11.1 Å². The number of fused-ring (bicyclic) bond motifs is 1. The van der Waals surface area contributed by atoms with E-state index < -0.39 is 123 Å². The van der Waals surface area contributed by atoms with Gasteiger partial charge < -0.3 is 18.6 Å². The molecule has 11 aromatic carbocycles. The minimum absolute atomic E-state index is 0.00334. The van der Waals surface area contributed by atoms with E-state index in [1.165, 1.54) is 12.1 Å². The molecule has 21 nitrogen and oxygen atoms in total. The second kappa shape index (κ2) is 11.9. The Morgan fingerprint density at radius 1 is 0.484 bits per heavy atom. The van der Waals surface area contributed by atoms with Crippen molar-refractivity contribution in [3.63, 3.8) is 0 Å². The zero-order valence-electron chi connectivity index (χ0n) is 30.6. The number of hydrogen-bond donors (Lipinski definition) is 6. The predicted octanol–water partition coefficient (Wildman–Crippen LogP) is 5.71. The van der Waals surface area contributed by atoms with Crippen molar-refractivity contribution in [3.8, 4) is 11.5 Å². The standard InChI is InChI=1S/C38H16O21S5/c39-21-9-15-13(38(42)58-63(51,52)53)4-5-14-24(15)33-25(21)18-10-22(57-62(48,49)50)16-6-11-2-1-3-12-7-17-27-29-20(36(60(43,44)45)31(17)37(40)41)8-19(35(14)61(46,47)59-64(54,55)56)30(33)34(29)28(18)26(16)32(27)23(11)12/h1-10,39H,(H,40,41)(H,43,44,45)(H,48,49,50)(H,51,52,53)(H,54,55,56). The van der Waals surface area contributed by atoms with E-state index in [0.717, 1.165) is 30.3 Å². The van der Waals surface area contributed by atoms with Crippen LogP contribution in [0.15, 0.2) is 70.5 Å². The Labute approximate surface area is 354 Å². The first kappa shape index (κ1) is 40.2. The van der Waals surface area contributed by atoms with E-state index >= 15 is 0 Å². The van der Waals surface area contributed by atoms with E-state index in [1.54, 1.807) is 18.2 Å². The van der Waals surface area contributed by atoms with E-state index in [4.69, 9.17) is 4.18 Å². The quantitative estimate of drug-likeness (QED) is 0.0573. The molecule has 0 spiro atoms. The first-order valence-electron chi connectivity index (χ1n) is 17.5. The zero-order chi connectivity index (χ0) is 45.9. The summed E-state index contributed by atoms with van der Waals surface area (Å²) in [6, 6.07) is 11.6. The Hall–Kier alpha value is -6.59. The highest BCUT2D eigenvalue weighted by atomic mass is 32.3. The van der Waals surface area contributed by atoms with Crippen molar-refractivity contribution in [1.29, 1.82) is 0 Å². The third-order valence-corrected chi connectivity index (χ3v) is 15.5. The highest BCUT2D eigenvalue weighted by molar-refractivity contribution is 7.97. The van der Waals surface area contributed by atoms with Gasteiger partial charge in [-0.3, -0.25) is 18.2 Å². The highest BCUT2D eigenvalue weighted by Gasteiger charge is 2.38. The van der Waals surface area contributed by atoms with Crippen molar-refractivity contribution in [2.45, 2.75) is 9.79 Å². The molecule has 0 saturated carbocycles. The average molecular weight is 969 g/mol. The molecule has 0 heterocycles. The van der Waals surface area contributed by atoms with Gasteiger partial charge in [0.2, 0.25) is 0 Å². The van der Waals surface area contributed by atoms with Crippen LogP contribution in [0.3, 0.4) is 0 Å². The van der Waals surface area contributed by atoms with Crippen LogP contribution in [0, 0.1) is 0 Å². The van der Waals surface area contributed by atoms with Gasteiger partial charge in [-0.05, 0) is 90.3 Å². The number of aromatic carboxylic acids is 1. The lowest BCUT2D eigenvalue weighted by atomic mass is 9.76. The molecule has 64 heavy (non-hydrogen) atoms. The Morgan fingerprint density at radius 2 is 1.05 bits per heavy atom. The van der Waals surface area contributed by atoms with Crippen LogP contribution in [-0.4, -0.2) is 82.5 Å². The average Bonchev–Trinajstić information content (AvgIpc) is 3.14. The normalized spacial score (nSPS) is 13.9. The summed E-state index contributed by atoms with van der Waals surface area (Å²) in [5.74, 6) is -5.10. The molecule has 0 aliphatic heterocycles. The number of phenolic OH excluding ortho intramolecular Hbond substituents is 1. The fourth-order valence-electron chi connectivity index (χ4n) is 9.82. The van der Waals surface area contributed by atoms with Crippen LogP contribution in [0.25, 0.3) is 108 Å². The summed E-state index contributed by atoms with van der Waals surface area (Å²) in [7, 11) is -28.5. The second-order valence-corrected chi connectivity index (χ2v) is 20.9. The fourth-order valence-corrected chi connectivity index (χ4v) is 13.4. The molecule has 26 heteroatoms. The van der Waals surface area contributed by atoms with E-state index in [2.05, 4.69) is 7.81 Å². The SMILES string of the molecule is O=C(OS(=O)(=O)O)c1ccc2c(S(=O)(=O)OS(=O)(=O)O)c3cc4c(S(=O)(=O)O)c(C(=O)O)c5cc6cccc7cc8c(OS(=O)(=O)O)cc9c%10c(O)cc1c2c%10c3c1c4c5c(c67)c8c91. The van der Waals surface area contributed by atoms with Crippen LogP contribution in [-0.2, 0) is 59.2 Å². The van der Waals surface area contributed by atoms with E-state index in [0.29, 0.717) is 16.2 Å². The number of carboxylic acids is 1. The fraction of sp³-hybridized carbons (Fsp3) is 0. The van der Waals surface area contributed by atoms with Gasteiger partial charge in [0.25, 0.3) is 10.1 Å². The van der Waals surface area contributed by atoms with E-state index in [-0.39, 0.29) is 64.6 Å². The summed E-state index contributed by atoms with van der Waals surface area (Å²) in [5.41, 5.74) is -1.80. The van der Waals surface area contributed by atoms with Gasteiger partial charge in [-0.1, -0.05) is 24.3 Å². The third kappa shape index (κ3) is 5.27. The molecule has 0 amide bonds. The molecule has 0 radical (unpaired) electrons. The maximum atomic E-state index is 14.3. The molecule has 0 atom stereocenters. The van der Waals surface area contributed by atoms with Gasteiger partial charge >= 0.3 is 53.3 Å². The summed E-state index contributed by atoms with van der Waals surface area (Å²) in [5, 5.41) is 19.0. The molecule has 0 aromatic heterocycles. The zero-order valence-corrected chi connectivity index (χ0v) is 34.7. The Bertz CT molecular complexity index is 4620. The molecule has 0 fully saturated rings. The maximum Gasteiger partial charge on any atom is 0.449 e. The molecular formula is C38H16O21S5. The van der Waals surface area contributed by atoms with Gasteiger partial charge in [0, 0.05) is 53.9 Å². The van der Waals surface area contributed by atoms with Crippen molar-refractivity contribution in [3.05, 3.63) is 71.8 Å². The number of aromatic hydroxyl groups is 1. The molecule has 0 saturated heterocycles. The number of benzene rings is 11. The first-order valence-corrected chi connectivity index (χ1v) is 24.5. The molecule has 11 aromatic rings. The molecular weight excluding hydrogens is 953 g/mol. The van der Waals surface area contributed by atoms with Gasteiger partial charge in [-0.2, -0.15) is 42.1 Å². The maximum absolute atomic E-state index is 14.3. The smallest absolute Gasteiger partial charge is 0.449 e. The minimum Gasteiger partial charge on any atom is -0.507 e. The summed E-state index contributed by atoms with van der Waals surface area (Å²) in [6.45, 7) is 0. The molecule has 11 rings (SSSR count). The molecule has 0 aliphatic carbocycles. The van der Waals surface area contributed by atoms with Crippen LogP contribution in [0.2, 0.25) is 0 Å². The van der Waals surface area contributed by atoms with Crippen LogP contribution in [0.1, 0.15) is 20.7 Å². The number of carbonyl (C=O) groups is 2. The number of phenols is 1. The summed E-state index contributed by atoms with van der Waals surface area (Å²) < 4.78 is 182. The Morgan fingerprint density at radius 3 is 1.66 bits per heavy atom. The molecule has 0 unspecified atom stereocenters. The van der Waals surface area contributed by atoms with Crippen LogP contribution in [0.4, 0.5) is 0 Å². The number of carboxylic acid groups (broad SMARTS) is 1. The van der Waals surface area contributed by atoms with E-state index in [9.17, 15) is 80.1 Å². The summed E-state index contributed by atoms with van der Waals surface area (Å²) >= 11 is 0. The van der Waals surface area contributed by atoms with Crippen molar-refractivity contribution >= 4 is 171 Å².